The molecule has 0 spiro atoms. The lowest BCUT2D eigenvalue weighted by Gasteiger charge is -2.03. The third-order valence-corrected chi connectivity index (χ3v) is 4.96. The monoisotopic (exact) mass is 334 g/mol. The van der Waals surface area contributed by atoms with Crippen LogP contribution < -0.4 is 0 Å². The van der Waals surface area contributed by atoms with Crippen molar-refractivity contribution in [2.75, 3.05) is 0 Å². The number of hydrogen-bond acceptors (Lipinski definition) is 0. The molecule has 0 aliphatic heterocycles. The molecule has 0 saturated carbocycles. The standard InChI is InChI=1S/C24H46/c1-3-5-7-9-11-13-15-17-19-21-23-24-22-20-18-16-14-12-10-8-6-4-2/h3-5,7,9-24H2,1-2H3. The Bertz CT molecular complexity index is 267. The summed E-state index contributed by atoms with van der Waals surface area (Å²) in [5.74, 6) is 6.39. The fourth-order valence-corrected chi connectivity index (χ4v) is 3.33. The van der Waals surface area contributed by atoms with E-state index in [1.165, 1.54) is 116 Å². The van der Waals surface area contributed by atoms with E-state index in [1.54, 1.807) is 0 Å². The molecule has 0 saturated heterocycles. The highest BCUT2D eigenvalue weighted by Gasteiger charge is 1.94. The summed E-state index contributed by atoms with van der Waals surface area (Å²) in [6, 6.07) is 0. The molecule has 0 aromatic rings. The van der Waals surface area contributed by atoms with E-state index in [-0.39, 0.29) is 0 Å². The summed E-state index contributed by atoms with van der Waals surface area (Å²) in [4.78, 5) is 0. The second kappa shape index (κ2) is 22.6. The molecule has 0 amide bonds. The largest absolute Gasteiger partial charge is 0.104 e. The fourth-order valence-electron chi connectivity index (χ4n) is 3.33. The molecule has 0 radical (unpaired) electrons. The van der Waals surface area contributed by atoms with E-state index in [2.05, 4.69) is 25.7 Å². The van der Waals surface area contributed by atoms with Crippen LogP contribution in [0.3, 0.4) is 0 Å². The van der Waals surface area contributed by atoms with Crippen molar-refractivity contribution >= 4 is 0 Å². The molecular formula is C24H46. The zero-order valence-corrected chi connectivity index (χ0v) is 17.1. The van der Waals surface area contributed by atoms with Crippen LogP contribution in [0.4, 0.5) is 0 Å². The highest BCUT2D eigenvalue weighted by molar-refractivity contribution is 4.97. The zero-order chi connectivity index (χ0) is 17.6. The Morgan fingerprint density at radius 2 is 0.708 bits per heavy atom. The predicted octanol–water partition coefficient (Wildman–Crippen LogP) is 8.83. The van der Waals surface area contributed by atoms with Gasteiger partial charge in [-0.3, -0.25) is 0 Å². The maximum Gasteiger partial charge on any atom is 0.00886 e. The summed E-state index contributed by atoms with van der Waals surface area (Å²) in [7, 11) is 0. The second-order valence-corrected chi connectivity index (χ2v) is 7.47. The van der Waals surface area contributed by atoms with Gasteiger partial charge >= 0.3 is 0 Å². The first-order chi connectivity index (χ1) is 11.9. The van der Waals surface area contributed by atoms with Gasteiger partial charge in [0.15, 0.2) is 0 Å². The highest BCUT2D eigenvalue weighted by atomic mass is 14.0. The number of unbranched alkanes of at least 4 members (excludes halogenated alkanes) is 18. The van der Waals surface area contributed by atoms with Crippen molar-refractivity contribution in [3.63, 3.8) is 0 Å². The molecule has 24 heavy (non-hydrogen) atoms. The summed E-state index contributed by atoms with van der Waals surface area (Å²) in [6.45, 7) is 4.42. The Kier molecular flexibility index (Phi) is 22.1. The lowest BCUT2D eigenvalue weighted by atomic mass is 10.0. The Labute approximate surface area is 154 Å². The van der Waals surface area contributed by atoms with Crippen LogP contribution in [0.15, 0.2) is 0 Å². The molecule has 0 aliphatic rings. The average Bonchev–Trinajstić information content (AvgIpc) is 2.60. The van der Waals surface area contributed by atoms with Crippen LogP contribution in [0.1, 0.15) is 142 Å². The van der Waals surface area contributed by atoms with E-state index in [9.17, 15) is 0 Å². The number of hydrogen-bond donors (Lipinski definition) is 0. The smallest absolute Gasteiger partial charge is 0.00886 e. The summed E-state index contributed by atoms with van der Waals surface area (Å²) in [5.41, 5.74) is 0. The lowest BCUT2D eigenvalue weighted by molar-refractivity contribution is 0.525. The molecule has 0 bridgehead atoms. The van der Waals surface area contributed by atoms with Gasteiger partial charge in [0.25, 0.3) is 0 Å². The van der Waals surface area contributed by atoms with Gasteiger partial charge in [0, 0.05) is 12.8 Å². The van der Waals surface area contributed by atoms with Crippen molar-refractivity contribution in [2.45, 2.75) is 142 Å². The summed E-state index contributed by atoms with van der Waals surface area (Å²) in [6.07, 6.45) is 28.2. The van der Waals surface area contributed by atoms with E-state index >= 15 is 0 Å². The van der Waals surface area contributed by atoms with E-state index < -0.39 is 0 Å². The third-order valence-electron chi connectivity index (χ3n) is 4.96. The SMILES string of the molecule is CCC#CCCCCCCCCCCCCCCCCCCCC. The van der Waals surface area contributed by atoms with Crippen LogP contribution in [0.5, 0.6) is 0 Å². The molecule has 0 atom stereocenters. The Morgan fingerprint density at radius 1 is 0.375 bits per heavy atom. The van der Waals surface area contributed by atoms with Crippen LogP contribution in [0.25, 0.3) is 0 Å². The quantitative estimate of drug-likeness (QED) is 0.173. The first-order valence-electron chi connectivity index (χ1n) is 11.4. The predicted molar refractivity (Wildman–Crippen MR) is 111 cm³/mol. The normalized spacial score (nSPS) is 10.6. The molecule has 0 heterocycles. The topological polar surface area (TPSA) is 0 Å². The molecule has 0 N–H and O–H groups in total. The van der Waals surface area contributed by atoms with Gasteiger partial charge in [-0.15, -0.1) is 11.8 Å². The highest BCUT2D eigenvalue weighted by Crippen LogP contribution is 2.14. The van der Waals surface area contributed by atoms with E-state index in [4.69, 9.17) is 0 Å². The van der Waals surface area contributed by atoms with E-state index in [0.717, 1.165) is 12.8 Å². The van der Waals surface area contributed by atoms with Crippen LogP contribution in [-0.2, 0) is 0 Å². The van der Waals surface area contributed by atoms with E-state index in [0.29, 0.717) is 0 Å². The first-order valence-corrected chi connectivity index (χ1v) is 11.4. The third kappa shape index (κ3) is 21.6. The molecule has 142 valence electrons. The fraction of sp³-hybridized carbons (Fsp3) is 0.917. The molecule has 0 heteroatoms. The van der Waals surface area contributed by atoms with Crippen molar-refractivity contribution in [2.24, 2.45) is 0 Å². The van der Waals surface area contributed by atoms with Crippen molar-refractivity contribution in [3.8, 4) is 11.8 Å². The molecule has 0 aliphatic carbocycles. The van der Waals surface area contributed by atoms with Crippen LogP contribution in [-0.4, -0.2) is 0 Å². The minimum absolute atomic E-state index is 1.01. The zero-order valence-electron chi connectivity index (χ0n) is 17.1. The van der Waals surface area contributed by atoms with Crippen LogP contribution in [0.2, 0.25) is 0 Å². The maximum atomic E-state index is 3.24. The van der Waals surface area contributed by atoms with Gasteiger partial charge in [-0.25, -0.2) is 0 Å². The molecule has 0 aromatic heterocycles. The Balaban J connectivity index is 2.98. The van der Waals surface area contributed by atoms with Gasteiger partial charge in [0.2, 0.25) is 0 Å². The van der Waals surface area contributed by atoms with Crippen molar-refractivity contribution in [1.82, 2.24) is 0 Å². The van der Waals surface area contributed by atoms with Gasteiger partial charge in [-0.05, 0) is 6.42 Å². The lowest BCUT2D eigenvalue weighted by Crippen LogP contribution is -1.84. The molecule has 0 unspecified atom stereocenters. The van der Waals surface area contributed by atoms with E-state index in [1.807, 2.05) is 0 Å². The molecule has 0 aromatic carbocycles. The molecular weight excluding hydrogens is 288 g/mol. The summed E-state index contributed by atoms with van der Waals surface area (Å²) >= 11 is 0. The van der Waals surface area contributed by atoms with Crippen LogP contribution in [0, 0.1) is 11.8 Å². The molecule has 0 fully saturated rings. The summed E-state index contributed by atoms with van der Waals surface area (Å²) < 4.78 is 0. The van der Waals surface area contributed by atoms with Gasteiger partial charge in [-0.2, -0.15) is 0 Å². The van der Waals surface area contributed by atoms with Crippen molar-refractivity contribution in [3.05, 3.63) is 0 Å². The maximum absolute atomic E-state index is 3.24. The molecule has 0 nitrogen and oxygen atoms in total. The molecule has 0 rings (SSSR count). The Morgan fingerprint density at radius 3 is 1.04 bits per heavy atom. The van der Waals surface area contributed by atoms with Crippen molar-refractivity contribution in [1.29, 1.82) is 0 Å². The van der Waals surface area contributed by atoms with Crippen LogP contribution >= 0.6 is 0 Å². The first kappa shape index (κ1) is 23.6. The second-order valence-electron chi connectivity index (χ2n) is 7.47. The summed E-state index contributed by atoms with van der Waals surface area (Å²) in [5, 5.41) is 0. The average molecular weight is 335 g/mol. The minimum atomic E-state index is 1.01. The minimum Gasteiger partial charge on any atom is -0.104 e. The van der Waals surface area contributed by atoms with Gasteiger partial charge in [0.1, 0.15) is 0 Å². The van der Waals surface area contributed by atoms with Gasteiger partial charge in [0.05, 0.1) is 0 Å². The van der Waals surface area contributed by atoms with Crippen molar-refractivity contribution < 1.29 is 0 Å². The van der Waals surface area contributed by atoms with Gasteiger partial charge < -0.3 is 0 Å². The Hall–Kier alpha value is -0.440. The van der Waals surface area contributed by atoms with Gasteiger partial charge in [-0.1, -0.05) is 123 Å². The number of rotatable bonds is 18.